The molecule has 0 fully saturated rings. The second kappa shape index (κ2) is 7.89. The lowest BCUT2D eigenvalue weighted by atomic mass is 9.88. The lowest BCUT2D eigenvalue weighted by Gasteiger charge is -2.22. The van der Waals surface area contributed by atoms with Crippen LogP contribution in [-0.2, 0) is 11.2 Å². The van der Waals surface area contributed by atoms with Gasteiger partial charge >= 0.3 is 6.16 Å². The Hall–Kier alpha value is -2.04. The lowest BCUT2D eigenvalue weighted by molar-refractivity contribution is 0.104. The summed E-state index contributed by atoms with van der Waals surface area (Å²) in [6.07, 6.45) is 0.181. The van der Waals surface area contributed by atoms with Gasteiger partial charge in [-0.3, -0.25) is 0 Å². The molecule has 0 saturated heterocycles. The SMILES string of the molecule is CCOC(=O)Oc1cc2c(cc1Cl)CCN(C)C[C@H]2c1ccccc1. The van der Waals surface area contributed by atoms with Crippen molar-refractivity contribution in [3.05, 3.63) is 64.2 Å². The quantitative estimate of drug-likeness (QED) is 0.597. The predicted octanol–water partition coefficient (Wildman–Crippen LogP) is 4.50. The Morgan fingerprint density at radius 2 is 2.04 bits per heavy atom. The van der Waals surface area contributed by atoms with Crippen LogP contribution in [0.2, 0.25) is 5.02 Å². The zero-order chi connectivity index (χ0) is 17.8. The Morgan fingerprint density at radius 3 is 2.76 bits per heavy atom. The molecule has 0 aliphatic carbocycles. The molecule has 0 N–H and O–H groups in total. The second-order valence-electron chi connectivity index (χ2n) is 6.24. The van der Waals surface area contributed by atoms with Crippen LogP contribution in [-0.4, -0.2) is 37.8 Å². The first kappa shape index (κ1) is 17.8. The monoisotopic (exact) mass is 359 g/mol. The van der Waals surface area contributed by atoms with Crippen molar-refractivity contribution in [2.45, 2.75) is 19.3 Å². The van der Waals surface area contributed by atoms with Crippen LogP contribution in [0.25, 0.3) is 0 Å². The number of rotatable bonds is 3. The van der Waals surface area contributed by atoms with Gasteiger partial charge in [-0.25, -0.2) is 4.79 Å². The fraction of sp³-hybridized carbons (Fsp3) is 0.350. The predicted molar refractivity (Wildman–Crippen MR) is 98.6 cm³/mol. The zero-order valence-electron chi connectivity index (χ0n) is 14.5. The molecule has 2 aromatic carbocycles. The Bertz CT molecular complexity index is 748. The summed E-state index contributed by atoms with van der Waals surface area (Å²) in [7, 11) is 2.12. The minimum atomic E-state index is -0.730. The average Bonchev–Trinajstić information content (AvgIpc) is 2.76. The zero-order valence-corrected chi connectivity index (χ0v) is 15.3. The summed E-state index contributed by atoms with van der Waals surface area (Å²) in [6, 6.07) is 14.2. The van der Waals surface area contributed by atoms with Gasteiger partial charge in [-0.2, -0.15) is 0 Å². The van der Waals surface area contributed by atoms with E-state index < -0.39 is 6.16 Å². The van der Waals surface area contributed by atoms with E-state index in [2.05, 4.69) is 24.1 Å². The Labute approximate surface area is 153 Å². The first-order valence-electron chi connectivity index (χ1n) is 8.49. The molecule has 0 radical (unpaired) electrons. The highest BCUT2D eigenvalue weighted by Gasteiger charge is 2.25. The van der Waals surface area contributed by atoms with Crippen LogP contribution in [0.5, 0.6) is 5.75 Å². The molecule has 2 aromatic rings. The van der Waals surface area contributed by atoms with Crippen LogP contribution in [0.1, 0.15) is 29.5 Å². The highest BCUT2D eigenvalue weighted by atomic mass is 35.5. The molecule has 3 rings (SSSR count). The van der Waals surface area contributed by atoms with Crippen LogP contribution >= 0.6 is 11.6 Å². The number of carbonyl (C=O) groups excluding carboxylic acids is 1. The Kier molecular flexibility index (Phi) is 5.61. The number of ether oxygens (including phenoxy) is 2. The molecule has 4 nitrogen and oxygen atoms in total. The molecule has 1 heterocycles. The molecular weight excluding hydrogens is 338 g/mol. The third-order valence-corrected chi connectivity index (χ3v) is 4.78. The van der Waals surface area contributed by atoms with Crippen LogP contribution in [0.15, 0.2) is 42.5 Å². The number of halogens is 1. The van der Waals surface area contributed by atoms with E-state index in [4.69, 9.17) is 21.1 Å². The second-order valence-corrected chi connectivity index (χ2v) is 6.65. The maximum absolute atomic E-state index is 11.7. The lowest BCUT2D eigenvalue weighted by Crippen LogP contribution is -2.24. The molecule has 1 aliphatic rings. The van der Waals surface area contributed by atoms with Gasteiger partial charge in [-0.05, 0) is 49.2 Å². The van der Waals surface area contributed by atoms with Crippen molar-refractivity contribution < 1.29 is 14.3 Å². The van der Waals surface area contributed by atoms with Crippen molar-refractivity contribution in [3.8, 4) is 5.75 Å². The molecule has 0 aromatic heterocycles. The van der Waals surface area contributed by atoms with Crippen LogP contribution in [0.4, 0.5) is 4.79 Å². The first-order chi connectivity index (χ1) is 12.1. The van der Waals surface area contributed by atoms with Gasteiger partial charge in [0, 0.05) is 19.0 Å². The molecule has 0 bridgehead atoms. The van der Waals surface area contributed by atoms with Crippen molar-refractivity contribution in [1.82, 2.24) is 4.90 Å². The summed E-state index contributed by atoms with van der Waals surface area (Å²) in [4.78, 5) is 14.0. The van der Waals surface area contributed by atoms with E-state index in [1.807, 2.05) is 30.3 Å². The molecule has 0 amide bonds. The van der Waals surface area contributed by atoms with Gasteiger partial charge in [0.25, 0.3) is 0 Å². The third-order valence-electron chi connectivity index (χ3n) is 4.48. The summed E-state index contributed by atoms with van der Waals surface area (Å²) in [6.45, 7) is 3.86. The molecule has 5 heteroatoms. The van der Waals surface area contributed by atoms with Gasteiger partial charge in [-0.15, -0.1) is 0 Å². The number of nitrogens with zero attached hydrogens (tertiary/aromatic N) is 1. The number of hydrogen-bond donors (Lipinski definition) is 0. The summed E-state index contributed by atoms with van der Waals surface area (Å²) in [5, 5.41) is 0.433. The van der Waals surface area contributed by atoms with Crippen LogP contribution in [0, 0.1) is 0 Å². The molecule has 1 aliphatic heterocycles. The smallest absolute Gasteiger partial charge is 0.434 e. The Balaban J connectivity index is 2.02. The first-order valence-corrected chi connectivity index (χ1v) is 8.86. The average molecular weight is 360 g/mol. The van der Waals surface area contributed by atoms with E-state index in [0.29, 0.717) is 10.8 Å². The highest BCUT2D eigenvalue weighted by molar-refractivity contribution is 6.32. The summed E-state index contributed by atoms with van der Waals surface area (Å²) in [5.74, 6) is 0.551. The molecule has 25 heavy (non-hydrogen) atoms. The van der Waals surface area contributed by atoms with Crippen molar-refractivity contribution in [2.24, 2.45) is 0 Å². The number of hydrogen-bond acceptors (Lipinski definition) is 4. The van der Waals surface area contributed by atoms with Gasteiger partial charge in [0.1, 0.15) is 0 Å². The standard InChI is InChI=1S/C20H22ClNO3/c1-3-24-20(23)25-19-12-16-15(11-18(19)21)9-10-22(2)13-17(16)14-7-5-4-6-8-14/h4-8,11-12,17H,3,9-10,13H2,1-2H3/t17-/m0/s1. The largest absolute Gasteiger partial charge is 0.513 e. The number of fused-ring (bicyclic) bond motifs is 1. The van der Waals surface area contributed by atoms with E-state index in [-0.39, 0.29) is 12.5 Å². The molecule has 0 spiro atoms. The number of benzene rings is 2. The van der Waals surface area contributed by atoms with E-state index in [9.17, 15) is 4.79 Å². The minimum absolute atomic E-state index is 0.200. The van der Waals surface area contributed by atoms with Crippen molar-refractivity contribution >= 4 is 17.8 Å². The normalized spacial score (nSPS) is 17.5. The fourth-order valence-electron chi connectivity index (χ4n) is 3.25. The third kappa shape index (κ3) is 4.14. The van der Waals surface area contributed by atoms with Gasteiger partial charge < -0.3 is 14.4 Å². The number of likely N-dealkylation sites (N-methyl/N-ethyl adjacent to an activating group) is 1. The molecule has 132 valence electrons. The van der Waals surface area contributed by atoms with E-state index in [1.165, 1.54) is 11.1 Å². The molecule has 1 atom stereocenters. The Morgan fingerprint density at radius 1 is 1.28 bits per heavy atom. The number of carbonyl (C=O) groups is 1. The summed E-state index contributed by atoms with van der Waals surface area (Å²) >= 11 is 6.34. The van der Waals surface area contributed by atoms with Crippen molar-refractivity contribution in [2.75, 3.05) is 26.7 Å². The minimum Gasteiger partial charge on any atom is -0.434 e. The molecular formula is C20H22ClNO3. The van der Waals surface area contributed by atoms with Crippen molar-refractivity contribution in [3.63, 3.8) is 0 Å². The topological polar surface area (TPSA) is 38.8 Å². The van der Waals surface area contributed by atoms with E-state index in [1.54, 1.807) is 6.92 Å². The highest BCUT2D eigenvalue weighted by Crippen LogP contribution is 2.37. The van der Waals surface area contributed by atoms with Crippen LogP contribution in [0.3, 0.4) is 0 Å². The van der Waals surface area contributed by atoms with Gasteiger partial charge in [-0.1, -0.05) is 41.9 Å². The van der Waals surface area contributed by atoms with E-state index in [0.717, 1.165) is 25.1 Å². The van der Waals surface area contributed by atoms with E-state index >= 15 is 0 Å². The van der Waals surface area contributed by atoms with Crippen molar-refractivity contribution in [1.29, 1.82) is 0 Å². The fourth-order valence-corrected chi connectivity index (χ4v) is 3.47. The van der Waals surface area contributed by atoms with Gasteiger partial charge in [0.05, 0.1) is 11.6 Å². The summed E-state index contributed by atoms with van der Waals surface area (Å²) in [5.41, 5.74) is 3.58. The molecule has 0 saturated carbocycles. The van der Waals surface area contributed by atoms with Gasteiger partial charge in [0.15, 0.2) is 5.75 Å². The maximum atomic E-state index is 11.7. The maximum Gasteiger partial charge on any atom is 0.513 e. The molecule has 0 unspecified atom stereocenters. The summed E-state index contributed by atoms with van der Waals surface area (Å²) < 4.78 is 10.2. The van der Waals surface area contributed by atoms with Gasteiger partial charge in [0.2, 0.25) is 0 Å². The van der Waals surface area contributed by atoms with Crippen LogP contribution < -0.4 is 4.74 Å².